The molecule has 0 aliphatic heterocycles. The second kappa shape index (κ2) is 7.15. The smallest absolute Gasteiger partial charge is 0.257 e. The molecule has 0 aliphatic carbocycles. The number of ether oxygens (including phenoxy) is 1. The van der Waals surface area contributed by atoms with Gasteiger partial charge in [-0.15, -0.1) is 0 Å². The molecule has 0 atom stereocenters. The quantitative estimate of drug-likeness (QED) is 0.907. The van der Waals surface area contributed by atoms with Gasteiger partial charge in [-0.2, -0.15) is 0 Å². The van der Waals surface area contributed by atoms with Crippen molar-refractivity contribution in [3.8, 4) is 5.75 Å². The van der Waals surface area contributed by atoms with Gasteiger partial charge in [0.25, 0.3) is 5.91 Å². The van der Waals surface area contributed by atoms with Crippen LogP contribution < -0.4 is 15.2 Å². The van der Waals surface area contributed by atoms with Gasteiger partial charge in [0.1, 0.15) is 12.4 Å². The minimum absolute atomic E-state index is 0.231. The molecule has 0 saturated heterocycles. The van der Waals surface area contributed by atoms with Crippen molar-refractivity contribution in [1.29, 1.82) is 0 Å². The molecule has 0 heterocycles. The molecule has 2 aromatic rings. The normalized spacial score (nSPS) is 10.1. The topological polar surface area (TPSA) is 78.5 Å². The Morgan fingerprint density at radius 1 is 1.14 bits per heavy atom. The first-order chi connectivity index (χ1) is 10.5. The van der Waals surface area contributed by atoms with Gasteiger partial charge in [0, 0.05) is 16.8 Å². The first kappa shape index (κ1) is 16.1. The van der Waals surface area contributed by atoms with Crippen LogP contribution in [0.4, 0.5) is 5.69 Å². The van der Waals surface area contributed by atoms with Gasteiger partial charge in [-0.3, -0.25) is 4.79 Å². The molecule has 1 N–H and O–H groups in total. The van der Waals surface area contributed by atoms with Crippen LogP contribution in [-0.2, 0) is 4.79 Å². The molecule has 0 saturated carbocycles. The summed E-state index contributed by atoms with van der Waals surface area (Å²) < 4.78 is 4.98. The number of aliphatic carboxylic acids is 1. The SMILES string of the molecule is O=C([O-])COc1cccc(NC(=O)c2ccc(Cl)cc2Cl)c1. The van der Waals surface area contributed by atoms with E-state index in [1.165, 1.54) is 18.2 Å². The highest BCUT2D eigenvalue weighted by atomic mass is 35.5. The second-order valence-electron chi connectivity index (χ2n) is 4.27. The molecule has 2 rings (SSSR count). The van der Waals surface area contributed by atoms with Crippen molar-refractivity contribution in [3.05, 3.63) is 58.1 Å². The number of carboxylic acid groups (broad SMARTS) is 1. The van der Waals surface area contributed by atoms with E-state index in [1.807, 2.05) is 0 Å². The fraction of sp³-hybridized carbons (Fsp3) is 0.0667. The number of halogens is 2. The van der Waals surface area contributed by atoms with E-state index < -0.39 is 18.5 Å². The molecular formula is C15H10Cl2NO4-. The number of carbonyl (C=O) groups is 2. The van der Waals surface area contributed by atoms with Gasteiger partial charge in [0.2, 0.25) is 0 Å². The summed E-state index contributed by atoms with van der Waals surface area (Å²) >= 11 is 11.7. The van der Waals surface area contributed by atoms with Gasteiger partial charge >= 0.3 is 0 Å². The average molecular weight is 339 g/mol. The van der Waals surface area contributed by atoms with Gasteiger partial charge < -0.3 is 20.0 Å². The molecule has 1 amide bonds. The molecule has 7 heteroatoms. The molecule has 0 spiro atoms. The van der Waals surface area contributed by atoms with Crippen LogP contribution in [-0.4, -0.2) is 18.5 Å². The molecular weight excluding hydrogens is 329 g/mol. The first-order valence-corrected chi connectivity index (χ1v) is 6.90. The van der Waals surface area contributed by atoms with Crippen molar-refractivity contribution in [2.24, 2.45) is 0 Å². The summed E-state index contributed by atoms with van der Waals surface area (Å²) in [6, 6.07) is 10.8. The van der Waals surface area contributed by atoms with E-state index in [0.29, 0.717) is 16.5 Å². The number of carbonyl (C=O) groups excluding carboxylic acids is 2. The number of nitrogens with one attached hydrogen (secondary N) is 1. The highest BCUT2D eigenvalue weighted by Crippen LogP contribution is 2.23. The lowest BCUT2D eigenvalue weighted by Gasteiger charge is -2.10. The third-order valence-corrected chi connectivity index (χ3v) is 3.17. The van der Waals surface area contributed by atoms with Gasteiger partial charge in [-0.05, 0) is 30.3 Å². The maximum Gasteiger partial charge on any atom is 0.257 e. The number of carboxylic acids is 1. The van der Waals surface area contributed by atoms with E-state index in [0.717, 1.165) is 0 Å². The van der Waals surface area contributed by atoms with E-state index in [1.54, 1.807) is 24.3 Å². The van der Waals surface area contributed by atoms with Crippen LogP contribution >= 0.6 is 23.2 Å². The zero-order valence-corrected chi connectivity index (χ0v) is 12.6. The van der Waals surface area contributed by atoms with Gasteiger partial charge in [0.15, 0.2) is 0 Å². The Kier molecular flexibility index (Phi) is 5.25. The number of anilines is 1. The maximum atomic E-state index is 12.1. The molecule has 0 fully saturated rings. The van der Waals surface area contributed by atoms with Crippen molar-refractivity contribution in [2.45, 2.75) is 0 Å². The maximum absolute atomic E-state index is 12.1. The zero-order chi connectivity index (χ0) is 16.1. The second-order valence-corrected chi connectivity index (χ2v) is 5.11. The van der Waals surface area contributed by atoms with E-state index in [9.17, 15) is 14.7 Å². The lowest BCUT2D eigenvalue weighted by Crippen LogP contribution is -2.28. The number of hydrogen-bond acceptors (Lipinski definition) is 4. The van der Waals surface area contributed by atoms with Crippen molar-refractivity contribution in [1.82, 2.24) is 0 Å². The Labute approximate surface area is 136 Å². The summed E-state index contributed by atoms with van der Waals surface area (Å²) in [6.07, 6.45) is 0. The molecule has 0 aromatic heterocycles. The Balaban J connectivity index is 2.11. The van der Waals surface area contributed by atoms with Crippen LogP contribution in [0.2, 0.25) is 10.0 Å². The van der Waals surface area contributed by atoms with Gasteiger partial charge in [-0.25, -0.2) is 0 Å². The number of hydrogen-bond donors (Lipinski definition) is 1. The molecule has 5 nitrogen and oxygen atoms in total. The van der Waals surface area contributed by atoms with Crippen molar-refractivity contribution in [3.63, 3.8) is 0 Å². The Hall–Kier alpha value is -2.24. The lowest BCUT2D eigenvalue weighted by molar-refractivity contribution is -0.307. The van der Waals surface area contributed by atoms with Crippen molar-refractivity contribution >= 4 is 40.8 Å². The van der Waals surface area contributed by atoms with E-state index >= 15 is 0 Å². The molecule has 0 radical (unpaired) electrons. The monoisotopic (exact) mass is 338 g/mol. The Morgan fingerprint density at radius 3 is 2.59 bits per heavy atom. The predicted octanol–water partition coefficient (Wildman–Crippen LogP) is 2.37. The molecule has 114 valence electrons. The molecule has 0 unspecified atom stereocenters. The van der Waals surface area contributed by atoms with E-state index in [4.69, 9.17) is 27.9 Å². The van der Waals surface area contributed by atoms with Crippen LogP contribution in [0.1, 0.15) is 10.4 Å². The number of benzene rings is 2. The zero-order valence-electron chi connectivity index (χ0n) is 11.1. The van der Waals surface area contributed by atoms with Crippen LogP contribution in [0.3, 0.4) is 0 Å². The van der Waals surface area contributed by atoms with E-state index in [2.05, 4.69) is 5.32 Å². The molecule has 22 heavy (non-hydrogen) atoms. The van der Waals surface area contributed by atoms with Crippen LogP contribution in [0.25, 0.3) is 0 Å². The number of rotatable bonds is 5. The summed E-state index contributed by atoms with van der Waals surface area (Å²) in [5.41, 5.74) is 0.707. The van der Waals surface area contributed by atoms with Crippen LogP contribution in [0.15, 0.2) is 42.5 Å². The third-order valence-electron chi connectivity index (χ3n) is 2.62. The lowest BCUT2D eigenvalue weighted by atomic mass is 10.2. The summed E-state index contributed by atoms with van der Waals surface area (Å²) in [4.78, 5) is 22.5. The predicted molar refractivity (Wildman–Crippen MR) is 81.4 cm³/mol. The largest absolute Gasteiger partial charge is 0.546 e. The minimum Gasteiger partial charge on any atom is -0.546 e. The highest BCUT2D eigenvalue weighted by Gasteiger charge is 2.11. The minimum atomic E-state index is -1.33. The van der Waals surface area contributed by atoms with Gasteiger partial charge in [0.05, 0.1) is 16.6 Å². The summed E-state index contributed by atoms with van der Waals surface area (Å²) in [6.45, 7) is -0.569. The fourth-order valence-corrected chi connectivity index (χ4v) is 2.17. The van der Waals surface area contributed by atoms with Crippen LogP contribution in [0.5, 0.6) is 5.75 Å². The van der Waals surface area contributed by atoms with Crippen molar-refractivity contribution in [2.75, 3.05) is 11.9 Å². The first-order valence-electron chi connectivity index (χ1n) is 6.15. The summed E-state index contributed by atoms with van der Waals surface area (Å²) in [5.74, 6) is -1.45. The summed E-state index contributed by atoms with van der Waals surface area (Å²) in [5, 5.41) is 13.7. The van der Waals surface area contributed by atoms with E-state index in [-0.39, 0.29) is 10.6 Å². The molecule has 0 aliphatic rings. The van der Waals surface area contributed by atoms with Crippen LogP contribution in [0, 0.1) is 0 Å². The molecule has 0 bridgehead atoms. The Bertz CT molecular complexity index is 718. The Morgan fingerprint density at radius 2 is 1.91 bits per heavy atom. The third kappa shape index (κ3) is 4.38. The fourth-order valence-electron chi connectivity index (χ4n) is 1.68. The molecule has 2 aromatic carbocycles. The highest BCUT2D eigenvalue weighted by molar-refractivity contribution is 6.37. The summed E-state index contributed by atoms with van der Waals surface area (Å²) in [7, 11) is 0. The van der Waals surface area contributed by atoms with Crippen molar-refractivity contribution < 1.29 is 19.4 Å². The standard InChI is InChI=1S/C15H11Cl2NO4/c16-9-4-5-12(13(17)6-9)15(21)18-10-2-1-3-11(7-10)22-8-14(19)20/h1-7H,8H2,(H,18,21)(H,19,20)/p-1. The average Bonchev–Trinajstić information content (AvgIpc) is 2.45. The number of amides is 1. The van der Waals surface area contributed by atoms with Gasteiger partial charge in [-0.1, -0.05) is 29.3 Å².